The van der Waals surface area contributed by atoms with Crippen LogP contribution in [0.4, 0.5) is 0 Å². The number of aryl methyl sites for hydroxylation is 1. The third kappa shape index (κ3) is 5.79. The molecule has 0 saturated heterocycles. The first-order valence-electron chi connectivity index (χ1n) is 6.58. The van der Waals surface area contributed by atoms with Gasteiger partial charge in [-0.25, -0.2) is 0 Å². The number of hydrogen-bond acceptors (Lipinski definition) is 6. The Balaban J connectivity index is 2.34. The molecule has 6 heteroatoms. The predicted molar refractivity (Wildman–Crippen MR) is 80.9 cm³/mol. The fourth-order valence-corrected chi connectivity index (χ4v) is 2.57. The van der Waals surface area contributed by atoms with Gasteiger partial charge in [-0.3, -0.25) is 9.78 Å². The molecule has 0 aliphatic heterocycles. The monoisotopic (exact) mass is 298 g/mol. The van der Waals surface area contributed by atoms with Gasteiger partial charge in [-0.2, -0.15) is 11.8 Å². The van der Waals surface area contributed by atoms with E-state index >= 15 is 0 Å². The quantitative estimate of drug-likeness (QED) is 0.584. The van der Waals surface area contributed by atoms with Crippen LogP contribution in [0.15, 0.2) is 12.1 Å². The lowest BCUT2D eigenvalue weighted by molar-refractivity contribution is -0.144. The summed E-state index contributed by atoms with van der Waals surface area (Å²) in [6.45, 7) is 4.08. The van der Waals surface area contributed by atoms with E-state index in [0.717, 1.165) is 28.6 Å². The van der Waals surface area contributed by atoms with E-state index in [1.807, 2.05) is 19.1 Å². The molecule has 1 unspecified atom stereocenters. The van der Waals surface area contributed by atoms with Gasteiger partial charge in [0.2, 0.25) is 0 Å². The summed E-state index contributed by atoms with van der Waals surface area (Å²) in [4.78, 5) is 15.8. The molecule has 1 aromatic rings. The molecule has 0 aliphatic carbocycles. The Morgan fingerprint density at radius 1 is 1.50 bits per heavy atom. The number of rotatable bonds is 8. The zero-order chi connectivity index (χ0) is 15.0. The average molecular weight is 298 g/mol. The number of hydrogen-bond donors (Lipinski definition) is 1. The van der Waals surface area contributed by atoms with Gasteiger partial charge < -0.3 is 15.2 Å². The molecule has 5 nitrogen and oxygen atoms in total. The van der Waals surface area contributed by atoms with E-state index in [-0.39, 0.29) is 5.97 Å². The molecule has 0 radical (unpaired) electrons. The third-order valence-electron chi connectivity index (χ3n) is 2.63. The van der Waals surface area contributed by atoms with Gasteiger partial charge in [0.1, 0.15) is 11.8 Å². The van der Waals surface area contributed by atoms with E-state index in [0.29, 0.717) is 13.0 Å². The molecule has 112 valence electrons. The molecule has 1 aromatic heterocycles. The van der Waals surface area contributed by atoms with Crippen LogP contribution in [0.5, 0.6) is 5.75 Å². The summed E-state index contributed by atoms with van der Waals surface area (Å²) in [6, 6.07) is 3.28. The highest BCUT2D eigenvalue weighted by Crippen LogP contribution is 2.18. The molecule has 1 rings (SSSR count). The second-order valence-corrected chi connectivity index (χ2v) is 5.44. The second kappa shape index (κ2) is 8.81. The fourth-order valence-electron chi connectivity index (χ4n) is 1.65. The zero-order valence-corrected chi connectivity index (χ0v) is 13.0. The molecule has 2 N–H and O–H groups in total. The Kier molecular flexibility index (Phi) is 7.40. The highest BCUT2D eigenvalue weighted by molar-refractivity contribution is 7.98. The summed E-state index contributed by atoms with van der Waals surface area (Å²) in [5.74, 6) is 2.05. The zero-order valence-electron chi connectivity index (χ0n) is 12.2. The summed E-state index contributed by atoms with van der Waals surface area (Å²) in [5, 5.41) is 0. The summed E-state index contributed by atoms with van der Waals surface area (Å²) in [7, 11) is 1.64. The summed E-state index contributed by atoms with van der Waals surface area (Å²) in [6.07, 6.45) is 0.604. The molecule has 0 aliphatic rings. The number of aromatic nitrogens is 1. The molecule has 0 amide bonds. The smallest absolute Gasteiger partial charge is 0.322 e. The van der Waals surface area contributed by atoms with Crippen molar-refractivity contribution >= 4 is 17.7 Å². The minimum Gasteiger partial charge on any atom is -0.497 e. The molecule has 0 saturated carbocycles. The van der Waals surface area contributed by atoms with Crippen molar-refractivity contribution in [1.82, 2.24) is 4.98 Å². The minimum atomic E-state index is -0.539. The van der Waals surface area contributed by atoms with Crippen LogP contribution in [-0.2, 0) is 15.3 Å². The molecule has 20 heavy (non-hydrogen) atoms. The maximum absolute atomic E-state index is 11.4. The van der Waals surface area contributed by atoms with Crippen LogP contribution >= 0.6 is 11.8 Å². The van der Waals surface area contributed by atoms with Crippen LogP contribution in [0.1, 0.15) is 24.7 Å². The van der Waals surface area contributed by atoms with Crippen molar-refractivity contribution in [3.63, 3.8) is 0 Å². The highest BCUT2D eigenvalue weighted by atomic mass is 32.2. The van der Waals surface area contributed by atoms with Crippen LogP contribution < -0.4 is 10.5 Å². The lowest BCUT2D eigenvalue weighted by atomic mass is 10.2. The number of pyridine rings is 1. The lowest BCUT2D eigenvalue weighted by Crippen LogP contribution is -2.32. The average Bonchev–Trinajstić information content (AvgIpc) is 2.43. The van der Waals surface area contributed by atoms with Crippen molar-refractivity contribution in [2.24, 2.45) is 5.73 Å². The van der Waals surface area contributed by atoms with E-state index in [2.05, 4.69) is 4.98 Å². The van der Waals surface area contributed by atoms with Crippen molar-refractivity contribution in [3.8, 4) is 5.75 Å². The Labute approximate surface area is 124 Å². The van der Waals surface area contributed by atoms with Crippen molar-refractivity contribution in [3.05, 3.63) is 23.5 Å². The number of thioether (sulfide) groups is 1. The number of esters is 1. The summed E-state index contributed by atoms with van der Waals surface area (Å²) < 4.78 is 10.1. The Bertz CT molecular complexity index is 440. The number of ether oxygens (including phenoxy) is 2. The largest absolute Gasteiger partial charge is 0.497 e. The number of nitrogens with two attached hydrogens (primary N) is 1. The highest BCUT2D eigenvalue weighted by Gasteiger charge is 2.13. The van der Waals surface area contributed by atoms with Gasteiger partial charge in [-0.05, 0) is 26.0 Å². The molecule has 0 bridgehead atoms. The van der Waals surface area contributed by atoms with Crippen molar-refractivity contribution < 1.29 is 14.3 Å². The van der Waals surface area contributed by atoms with Gasteiger partial charge in [0.25, 0.3) is 0 Å². The van der Waals surface area contributed by atoms with Gasteiger partial charge in [0.15, 0.2) is 0 Å². The van der Waals surface area contributed by atoms with E-state index in [1.54, 1.807) is 25.8 Å². The Hall–Kier alpha value is -1.27. The fraction of sp³-hybridized carbons (Fsp3) is 0.571. The minimum absolute atomic E-state index is 0.330. The number of methoxy groups -OCH3 is 1. The van der Waals surface area contributed by atoms with E-state index in [1.165, 1.54) is 0 Å². The first kappa shape index (κ1) is 16.8. The van der Waals surface area contributed by atoms with Gasteiger partial charge in [-0.1, -0.05) is 0 Å². The number of carbonyl (C=O) groups excluding carboxylic acids is 1. The topological polar surface area (TPSA) is 74.4 Å². The first-order valence-corrected chi connectivity index (χ1v) is 7.73. The first-order chi connectivity index (χ1) is 9.56. The SMILES string of the molecule is CCOC(=O)C(N)CCSCc1cc(OC)cc(C)n1. The van der Waals surface area contributed by atoms with Gasteiger partial charge >= 0.3 is 5.97 Å². The Morgan fingerprint density at radius 2 is 2.25 bits per heavy atom. The van der Waals surface area contributed by atoms with Crippen molar-refractivity contribution in [2.45, 2.75) is 32.1 Å². The van der Waals surface area contributed by atoms with Gasteiger partial charge in [0, 0.05) is 23.6 Å². The van der Waals surface area contributed by atoms with Crippen molar-refractivity contribution in [1.29, 1.82) is 0 Å². The summed E-state index contributed by atoms with van der Waals surface area (Å²) >= 11 is 1.69. The van der Waals surface area contributed by atoms with Crippen LogP contribution in [0.3, 0.4) is 0 Å². The van der Waals surface area contributed by atoms with Crippen LogP contribution in [-0.4, -0.2) is 36.5 Å². The normalized spacial score (nSPS) is 12.0. The van der Waals surface area contributed by atoms with Crippen molar-refractivity contribution in [2.75, 3.05) is 19.5 Å². The summed E-state index contributed by atoms with van der Waals surface area (Å²) in [5.41, 5.74) is 7.63. The number of carbonyl (C=O) groups is 1. The molecular formula is C14H22N2O3S. The molecule has 0 spiro atoms. The predicted octanol–water partition coefficient (Wildman–Crippen LogP) is 1.91. The molecule has 1 heterocycles. The van der Waals surface area contributed by atoms with Crippen LogP contribution in [0, 0.1) is 6.92 Å². The standard InChI is InChI=1S/C14H22N2O3S/c1-4-19-14(17)13(15)5-6-20-9-11-8-12(18-3)7-10(2)16-11/h7-8,13H,4-6,9,15H2,1-3H3. The molecular weight excluding hydrogens is 276 g/mol. The maximum atomic E-state index is 11.4. The van der Waals surface area contributed by atoms with E-state index in [9.17, 15) is 4.79 Å². The Morgan fingerprint density at radius 3 is 2.90 bits per heavy atom. The second-order valence-electron chi connectivity index (χ2n) is 4.34. The number of nitrogens with zero attached hydrogens (tertiary/aromatic N) is 1. The van der Waals surface area contributed by atoms with E-state index < -0.39 is 6.04 Å². The van der Waals surface area contributed by atoms with Gasteiger partial charge in [-0.15, -0.1) is 0 Å². The van der Waals surface area contributed by atoms with Gasteiger partial charge in [0.05, 0.1) is 19.4 Å². The van der Waals surface area contributed by atoms with E-state index in [4.69, 9.17) is 15.2 Å². The molecule has 0 fully saturated rings. The molecule has 1 atom stereocenters. The maximum Gasteiger partial charge on any atom is 0.322 e. The van der Waals surface area contributed by atoms with Crippen LogP contribution in [0.2, 0.25) is 0 Å². The van der Waals surface area contributed by atoms with Crippen LogP contribution in [0.25, 0.3) is 0 Å². The lowest BCUT2D eigenvalue weighted by Gasteiger charge is -2.10. The molecule has 0 aromatic carbocycles. The third-order valence-corrected chi connectivity index (χ3v) is 3.65.